The number of carbonyl (C=O) groups excluding carboxylic acids is 1. The predicted molar refractivity (Wildman–Crippen MR) is 62.3 cm³/mol. The fourth-order valence-corrected chi connectivity index (χ4v) is 2.21. The van der Waals surface area contributed by atoms with Crippen molar-refractivity contribution in [2.75, 3.05) is 5.75 Å². The van der Waals surface area contributed by atoms with E-state index in [1.165, 1.54) is 18.1 Å². The number of nitrogens with one attached hydrogen (secondary N) is 1. The Bertz CT molecular complexity index is 496. The molecule has 1 N–H and O–H groups in total. The number of H-pyrrole nitrogens is 1. The number of fused-ring (bicyclic) bond motifs is 1. The van der Waals surface area contributed by atoms with Gasteiger partial charge in [0.05, 0.1) is 12.1 Å². The molecule has 0 aliphatic carbocycles. The average molecular weight is 236 g/mol. The molecule has 0 spiro atoms. The van der Waals surface area contributed by atoms with Gasteiger partial charge >= 0.3 is 0 Å². The number of carbonyl (C=O) groups is 1. The number of hydrogen-bond acceptors (Lipinski definition) is 5. The van der Waals surface area contributed by atoms with E-state index in [0.29, 0.717) is 17.8 Å². The summed E-state index contributed by atoms with van der Waals surface area (Å²) in [5.41, 5.74) is 1.44. The molecule has 2 aromatic rings. The average Bonchev–Trinajstić information content (AvgIpc) is 2.75. The Labute approximate surface area is 97.1 Å². The highest BCUT2D eigenvalue weighted by Crippen LogP contribution is 2.21. The van der Waals surface area contributed by atoms with Crippen LogP contribution < -0.4 is 0 Å². The predicted octanol–water partition coefficient (Wildman–Crippen LogP) is 1.81. The second kappa shape index (κ2) is 5.07. The van der Waals surface area contributed by atoms with Crippen LogP contribution in [0.15, 0.2) is 17.7 Å². The topological polar surface area (TPSA) is 71.5 Å². The Kier molecular flexibility index (Phi) is 3.51. The van der Waals surface area contributed by atoms with Gasteiger partial charge in [-0.05, 0) is 6.42 Å². The molecule has 84 valence electrons. The van der Waals surface area contributed by atoms with E-state index in [9.17, 15) is 4.79 Å². The van der Waals surface area contributed by atoms with Crippen molar-refractivity contribution in [1.82, 2.24) is 19.9 Å². The highest BCUT2D eigenvalue weighted by Gasteiger charge is 2.08. The summed E-state index contributed by atoms with van der Waals surface area (Å²) < 4.78 is 0. The lowest BCUT2D eigenvalue weighted by molar-refractivity contribution is -0.116. The molecule has 0 amide bonds. The first kappa shape index (κ1) is 11.1. The van der Waals surface area contributed by atoms with E-state index >= 15 is 0 Å². The maximum Gasteiger partial charge on any atom is 0.181 e. The molecule has 0 unspecified atom stereocenters. The van der Waals surface area contributed by atoms with Gasteiger partial charge in [-0.1, -0.05) is 18.7 Å². The minimum Gasteiger partial charge on any atom is -0.341 e. The van der Waals surface area contributed by atoms with Crippen molar-refractivity contribution in [3.05, 3.63) is 12.7 Å². The summed E-state index contributed by atoms with van der Waals surface area (Å²) in [5.74, 6) is 0.706. The van der Waals surface area contributed by atoms with Crippen LogP contribution in [-0.4, -0.2) is 31.5 Å². The number of Topliss-reactive ketones (excluding diaryl/α,β-unsaturated/α-hetero) is 1. The summed E-state index contributed by atoms with van der Waals surface area (Å²) in [4.78, 5) is 26.6. The van der Waals surface area contributed by atoms with Crippen LogP contribution in [0.25, 0.3) is 11.2 Å². The quantitative estimate of drug-likeness (QED) is 0.633. The molecule has 6 heteroatoms. The molecule has 0 atom stereocenters. The van der Waals surface area contributed by atoms with Crippen molar-refractivity contribution in [1.29, 1.82) is 0 Å². The lowest BCUT2D eigenvalue weighted by Crippen LogP contribution is -2.00. The van der Waals surface area contributed by atoms with E-state index in [4.69, 9.17) is 0 Å². The Hall–Kier alpha value is -1.43. The van der Waals surface area contributed by atoms with E-state index in [2.05, 4.69) is 19.9 Å². The lowest BCUT2D eigenvalue weighted by atomic mass is 10.3. The Morgan fingerprint density at radius 1 is 1.44 bits per heavy atom. The Morgan fingerprint density at radius 2 is 2.31 bits per heavy atom. The van der Waals surface area contributed by atoms with E-state index in [1.807, 2.05) is 6.92 Å². The van der Waals surface area contributed by atoms with Crippen molar-refractivity contribution >= 4 is 28.7 Å². The molecule has 0 aliphatic rings. The highest BCUT2D eigenvalue weighted by atomic mass is 32.2. The number of ketones is 1. The van der Waals surface area contributed by atoms with Crippen LogP contribution in [0.3, 0.4) is 0 Å². The summed E-state index contributed by atoms with van der Waals surface area (Å²) in [6.07, 6.45) is 4.57. The van der Waals surface area contributed by atoms with E-state index in [0.717, 1.165) is 17.0 Å². The van der Waals surface area contributed by atoms with Gasteiger partial charge in [0.15, 0.2) is 5.65 Å². The van der Waals surface area contributed by atoms with Crippen LogP contribution >= 0.6 is 11.8 Å². The molecular weight excluding hydrogens is 224 g/mol. The van der Waals surface area contributed by atoms with Crippen molar-refractivity contribution in [3.8, 4) is 0 Å². The van der Waals surface area contributed by atoms with E-state index in [1.54, 1.807) is 6.33 Å². The molecule has 0 fully saturated rings. The fourth-order valence-electron chi connectivity index (χ4n) is 1.35. The van der Waals surface area contributed by atoms with Crippen LogP contribution in [0.5, 0.6) is 0 Å². The van der Waals surface area contributed by atoms with Crippen LogP contribution in [0.2, 0.25) is 0 Å². The molecule has 0 radical (unpaired) electrons. The SMILES string of the molecule is CCCC(=O)CSc1ncnc2nc[nH]c12. The second-order valence-corrected chi connectivity index (χ2v) is 4.32. The van der Waals surface area contributed by atoms with Crippen LogP contribution in [0.1, 0.15) is 19.8 Å². The molecule has 0 saturated carbocycles. The smallest absolute Gasteiger partial charge is 0.181 e. The fraction of sp³-hybridized carbons (Fsp3) is 0.400. The number of imidazole rings is 1. The van der Waals surface area contributed by atoms with Gasteiger partial charge in [0.2, 0.25) is 0 Å². The summed E-state index contributed by atoms with van der Waals surface area (Å²) in [6.45, 7) is 2.00. The largest absolute Gasteiger partial charge is 0.341 e. The summed E-state index contributed by atoms with van der Waals surface area (Å²) in [5, 5.41) is 0.784. The molecule has 0 bridgehead atoms. The normalized spacial score (nSPS) is 10.8. The van der Waals surface area contributed by atoms with Crippen molar-refractivity contribution in [3.63, 3.8) is 0 Å². The van der Waals surface area contributed by atoms with Gasteiger partial charge in [-0.2, -0.15) is 0 Å². The molecule has 2 heterocycles. The maximum atomic E-state index is 11.4. The van der Waals surface area contributed by atoms with Gasteiger partial charge < -0.3 is 4.98 Å². The summed E-state index contributed by atoms with van der Waals surface area (Å²) in [7, 11) is 0. The number of aromatic nitrogens is 4. The highest BCUT2D eigenvalue weighted by molar-refractivity contribution is 8.00. The molecule has 0 saturated heterocycles. The Morgan fingerprint density at radius 3 is 3.12 bits per heavy atom. The van der Waals surface area contributed by atoms with Crippen LogP contribution in [-0.2, 0) is 4.79 Å². The third-order valence-electron chi connectivity index (χ3n) is 2.09. The first-order chi connectivity index (χ1) is 7.81. The number of aromatic amines is 1. The van der Waals surface area contributed by atoms with Gasteiger partial charge in [-0.15, -0.1) is 0 Å². The molecule has 16 heavy (non-hydrogen) atoms. The first-order valence-corrected chi connectivity index (χ1v) is 6.08. The van der Waals surface area contributed by atoms with E-state index in [-0.39, 0.29) is 5.78 Å². The maximum absolute atomic E-state index is 11.4. The first-order valence-electron chi connectivity index (χ1n) is 5.10. The summed E-state index contributed by atoms with van der Waals surface area (Å²) in [6, 6.07) is 0. The third kappa shape index (κ3) is 2.38. The minimum absolute atomic E-state index is 0.249. The van der Waals surface area contributed by atoms with Crippen LogP contribution in [0.4, 0.5) is 0 Å². The second-order valence-electron chi connectivity index (χ2n) is 3.36. The number of rotatable bonds is 5. The molecular formula is C10H12N4OS. The molecule has 0 aromatic carbocycles. The van der Waals surface area contributed by atoms with Crippen molar-refractivity contribution in [2.24, 2.45) is 0 Å². The lowest BCUT2D eigenvalue weighted by Gasteiger charge is -2.00. The number of thioether (sulfide) groups is 1. The van der Waals surface area contributed by atoms with E-state index < -0.39 is 0 Å². The molecule has 2 aromatic heterocycles. The zero-order valence-electron chi connectivity index (χ0n) is 8.93. The van der Waals surface area contributed by atoms with Crippen molar-refractivity contribution < 1.29 is 4.79 Å². The summed E-state index contributed by atoms with van der Waals surface area (Å²) >= 11 is 1.43. The molecule has 0 aliphatic heterocycles. The third-order valence-corrected chi connectivity index (χ3v) is 3.14. The van der Waals surface area contributed by atoms with Gasteiger partial charge in [-0.3, -0.25) is 4.79 Å². The van der Waals surface area contributed by atoms with Gasteiger partial charge in [0.25, 0.3) is 0 Å². The zero-order valence-corrected chi connectivity index (χ0v) is 9.75. The zero-order chi connectivity index (χ0) is 11.4. The standard InChI is InChI=1S/C10H12N4OS/c1-2-3-7(15)4-16-10-8-9(12-5-11-8)13-6-14-10/h5-6H,2-4H2,1H3,(H,11,12,13,14). The minimum atomic E-state index is 0.249. The monoisotopic (exact) mass is 236 g/mol. The molecule has 2 rings (SSSR count). The van der Waals surface area contributed by atoms with Gasteiger partial charge in [0.1, 0.15) is 22.7 Å². The van der Waals surface area contributed by atoms with Gasteiger partial charge in [0, 0.05) is 6.42 Å². The van der Waals surface area contributed by atoms with Crippen LogP contribution in [0, 0.1) is 0 Å². The number of hydrogen-bond donors (Lipinski definition) is 1. The van der Waals surface area contributed by atoms with Gasteiger partial charge in [-0.25, -0.2) is 15.0 Å². The van der Waals surface area contributed by atoms with Crippen molar-refractivity contribution in [2.45, 2.75) is 24.8 Å². The molecule has 5 nitrogen and oxygen atoms in total. The Balaban J connectivity index is 2.09. The number of nitrogens with zero attached hydrogens (tertiary/aromatic N) is 3.